The summed E-state index contributed by atoms with van der Waals surface area (Å²) in [6.07, 6.45) is 4.63. The van der Waals surface area contributed by atoms with Gasteiger partial charge in [-0.25, -0.2) is 0 Å². The molecule has 0 bridgehead atoms. The zero-order chi connectivity index (χ0) is 35.3. The lowest BCUT2D eigenvalue weighted by molar-refractivity contribution is -0.278. The largest absolute Gasteiger partial charge is 0.453 e. The van der Waals surface area contributed by atoms with Crippen LogP contribution < -0.4 is 10.6 Å². The predicted molar refractivity (Wildman–Crippen MR) is 186 cm³/mol. The fraction of sp³-hybridized carbons (Fsp3) is 0.615. The second kappa shape index (κ2) is 16.1. The molecule has 2 aromatic rings. The zero-order valence-electron chi connectivity index (χ0n) is 29.9. The van der Waals surface area contributed by atoms with Crippen LogP contribution in [0.15, 0.2) is 48.5 Å². The number of hydrogen-bond donors (Lipinski definition) is 3. The maximum atomic E-state index is 13.8. The first-order valence-electron chi connectivity index (χ1n) is 17.9. The van der Waals surface area contributed by atoms with E-state index >= 15 is 0 Å². The van der Waals surface area contributed by atoms with E-state index in [4.69, 9.17) is 14.2 Å². The van der Waals surface area contributed by atoms with E-state index in [0.717, 1.165) is 41.5 Å². The van der Waals surface area contributed by atoms with Crippen LogP contribution in [0.2, 0.25) is 0 Å². The lowest BCUT2D eigenvalue weighted by Gasteiger charge is -2.51. The Labute approximate surface area is 291 Å². The number of esters is 1. The van der Waals surface area contributed by atoms with Gasteiger partial charge in [0.15, 0.2) is 12.4 Å². The number of benzene rings is 2. The number of nitrogens with zero attached hydrogens (tertiary/aromatic N) is 1. The van der Waals surface area contributed by atoms with Crippen molar-refractivity contribution in [2.75, 3.05) is 6.54 Å². The number of aliphatic hydroxyl groups excluding tert-OH is 1. The maximum Gasteiger partial charge on any atom is 0.303 e. The molecule has 0 radical (unpaired) electrons. The molecule has 10 nitrogen and oxygen atoms in total. The third kappa shape index (κ3) is 9.48. The van der Waals surface area contributed by atoms with Crippen molar-refractivity contribution in [1.29, 1.82) is 0 Å². The van der Waals surface area contributed by atoms with Crippen molar-refractivity contribution in [3.63, 3.8) is 0 Å². The second-order valence-electron chi connectivity index (χ2n) is 15.2. The topological polar surface area (TPSA) is 126 Å². The molecule has 5 rings (SSSR count). The molecule has 0 unspecified atom stereocenters. The first kappa shape index (κ1) is 37.0. The number of likely N-dealkylation sites (tertiary alicyclic amines) is 1. The highest BCUT2D eigenvalue weighted by atomic mass is 16.7. The fourth-order valence-corrected chi connectivity index (χ4v) is 7.69. The van der Waals surface area contributed by atoms with Crippen molar-refractivity contribution in [3.05, 3.63) is 70.8 Å². The number of carbonyl (C=O) groups excluding carboxylic acids is 3. The molecule has 3 fully saturated rings. The molecule has 2 aliphatic heterocycles. The van der Waals surface area contributed by atoms with Crippen molar-refractivity contribution in [1.82, 2.24) is 15.5 Å². The summed E-state index contributed by atoms with van der Waals surface area (Å²) in [5, 5.41) is 15.7. The Morgan fingerprint density at radius 1 is 0.939 bits per heavy atom. The van der Waals surface area contributed by atoms with Gasteiger partial charge >= 0.3 is 5.97 Å². The smallest absolute Gasteiger partial charge is 0.303 e. The van der Waals surface area contributed by atoms with Crippen LogP contribution in [0, 0.1) is 11.8 Å². The third-order valence-corrected chi connectivity index (χ3v) is 10.3. The average molecular weight is 678 g/mol. The molecule has 268 valence electrons. The lowest BCUT2D eigenvalue weighted by atomic mass is 9.75. The summed E-state index contributed by atoms with van der Waals surface area (Å²) in [4.78, 5) is 39.8. The number of hydrogen-bond acceptors (Lipinski definition) is 8. The Balaban J connectivity index is 1.39. The van der Waals surface area contributed by atoms with Gasteiger partial charge < -0.3 is 30.0 Å². The average Bonchev–Trinajstić information content (AvgIpc) is 3.07. The van der Waals surface area contributed by atoms with Crippen molar-refractivity contribution >= 4 is 17.8 Å². The van der Waals surface area contributed by atoms with Gasteiger partial charge in [-0.3, -0.25) is 19.3 Å². The lowest BCUT2D eigenvalue weighted by Crippen LogP contribution is -2.61. The number of ether oxygens (including phenoxy) is 3. The summed E-state index contributed by atoms with van der Waals surface area (Å²) in [5.74, 6) is -0.200. The molecule has 1 saturated carbocycles. The van der Waals surface area contributed by atoms with E-state index in [1.54, 1.807) is 6.92 Å². The molecular weight excluding hydrogens is 622 g/mol. The van der Waals surface area contributed by atoms with Gasteiger partial charge in [0.05, 0.1) is 24.9 Å². The molecule has 2 heterocycles. The number of carbonyl (C=O) groups is 3. The highest BCUT2D eigenvalue weighted by Crippen LogP contribution is 2.44. The number of piperidine rings is 1. The van der Waals surface area contributed by atoms with Gasteiger partial charge in [-0.2, -0.15) is 0 Å². The molecule has 8 atom stereocenters. The first-order valence-corrected chi connectivity index (χ1v) is 17.9. The molecule has 2 aromatic carbocycles. The van der Waals surface area contributed by atoms with Crippen molar-refractivity contribution in [2.45, 2.75) is 135 Å². The van der Waals surface area contributed by atoms with Crippen LogP contribution in [0.4, 0.5) is 0 Å². The van der Waals surface area contributed by atoms with Crippen LogP contribution in [-0.4, -0.2) is 64.2 Å². The van der Waals surface area contributed by atoms with Gasteiger partial charge in [0.2, 0.25) is 5.91 Å². The molecule has 3 aliphatic rings. The highest BCUT2D eigenvalue weighted by molar-refractivity contribution is 5.83. The van der Waals surface area contributed by atoms with Gasteiger partial charge in [0.1, 0.15) is 0 Å². The molecule has 10 heteroatoms. The predicted octanol–water partition coefficient (Wildman–Crippen LogP) is 5.48. The minimum Gasteiger partial charge on any atom is -0.453 e. The Kier molecular flexibility index (Phi) is 12.2. The van der Waals surface area contributed by atoms with E-state index in [1.165, 1.54) is 26.2 Å². The summed E-state index contributed by atoms with van der Waals surface area (Å²) in [7, 11) is 0. The minimum atomic E-state index is -0.869. The van der Waals surface area contributed by atoms with Crippen LogP contribution in [-0.2, 0) is 41.7 Å². The molecule has 2 amide bonds. The van der Waals surface area contributed by atoms with Crippen LogP contribution >= 0.6 is 0 Å². The van der Waals surface area contributed by atoms with E-state index in [-0.39, 0.29) is 54.7 Å². The van der Waals surface area contributed by atoms with Crippen LogP contribution in [0.25, 0.3) is 0 Å². The molecule has 49 heavy (non-hydrogen) atoms. The minimum absolute atomic E-state index is 0.0137. The number of nitrogens with one attached hydrogen (secondary N) is 2. The van der Waals surface area contributed by atoms with E-state index in [1.807, 2.05) is 69.3 Å². The number of amides is 2. The Hall–Kier alpha value is -3.31. The van der Waals surface area contributed by atoms with Crippen molar-refractivity contribution < 1.29 is 33.7 Å². The zero-order valence-corrected chi connectivity index (χ0v) is 29.9. The fourth-order valence-electron chi connectivity index (χ4n) is 7.69. The third-order valence-electron chi connectivity index (χ3n) is 10.3. The molecule has 1 aliphatic carbocycles. The number of fused-ring (bicyclic) bond motifs is 1. The highest BCUT2D eigenvalue weighted by Gasteiger charge is 2.46. The van der Waals surface area contributed by atoms with Crippen molar-refractivity contribution in [2.24, 2.45) is 11.8 Å². The molecule has 3 N–H and O–H groups in total. The maximum absolute atomic E-state index is 13.8. The summed E-state index contributed by atoms with van der Waals surface area (Å²) < 4.78 is 18.5. The van der Waals surface area contributed by atoms with Gasteiger partial charge in [-0.15, -0.1) is 0 Å². The molecule has 0 spiro atoms. The van der Waals surface area contributed by atoms with Gasteiger partial charge in [-0.1, -0.05) is 68.3 Å². The van der Waals surface area contributed by atoms with Crippen LogP contribution in [0.5, 0.6) is 0 Å². The van der Waals surface area contributed by atoms with Gasteiger partial charge in [0.25, 0.3) is 5.91 Å². The van der Waals surface area contributed by atoms with E-state index < -0.39 is 18.4 Å². The summed E-state index contributed by atoms with van der Waals surface area (Å²) in [5.41, 5.74) is 3.27. The number of rotatable bonds is 10. The summed E-state index contributed by atoms with van der Waals surface area (Å²) in [6, 6.07) is 15.8. The number of aliphatic hydroxyl groups is 1. The summed E-state index contributed by atoms with van der Waals surface area (Å²) >= 11 is 0. The van der Waals surface area contributed by atoms with E-state index in [2.05, 4.69) is 22.5 Å². The SMILES string of the molecule is CC(=O)O[C@@H](C)C(=O)NCc1ccc([C@H]2O[C@@H](CN3[C@@H](C(=O)NC(C)(C)C)CC[C@H]4CCCC[C@H]43)[C@@H](C)[C@@H](c3ccc(CO)cc3)O2)cc1. The monoisotopic (exact) mass is 677 g/mol. The van der Waals surface area contributed by atoms with Crippen LogP contribution in [0.1, 0.15) is 115 Å². The normalized spacial score (nSPS) is 28.2. The Morgan fingerprint density at radius 3 is 2.24 bits per heavy atom. The standard InChI is InChI=1S/C39H55N3O7/c1-24-34(22-42-32-10-8-7-9-29(32)19-20-33(42)37(46)41-39(4,5)6)48-38(49-35(24)30-15-13-28(23-43)14-16-30)31-17-11-27(12-18-31)21-40-36(45)25(2)47-26(3)44/h11-18,24-25,29,32-35,38,43H,7-10,19-23H2,1-6H3,(H,40,45)(H,41,46)/t24-,25+,29-,32-,33-,34+,35+,38+/m1/s1. The molecule has 2 saturated heterocycles. The first-order chi connectivity index (χ1) is 23.3. The van der Waals surface area contributed by atoms with Gasteiger partial charge in [0, 0.05) is 43.1 Å². The molecule has 0 aromatic heterocycles. The molecular formula is C39H55N3O7. The quantitative estimate of drug-likeness (QED) is 0.283. The summed E-state index contributed by atoms with van der Waals surface area (Å²) in [6.45, 7) is 12.0. The van der Waals surface area contributed by atoms with Crippen molar-refractivity contribution in [3.8, 4) is 0 Å². The second-order valence-corrected chi connectivity index (χ2v) is 15.2. The van der Waals surface area contributed by atoms with Crippen LogP contribution in [0.3, 0.4) is 0 Å². The van der Waals surface area contributed by atoms with E-state index in [9.17, 15) is 19.5 Å². The van der Waals surface area contributed by atoms with Gasteiger partial charge in [-0.05, 0) is 76.0 Å². The Morgan fingerprint density at radius 2 is 1.59 bits per heavy atom. The Bertz CT molecular complexity index is 1420. The van der Waals surface area contributed by atoms with E-state index in [0.29, 0.717) is 18.5 Å².